The van der Waals surface area contributed by atoms with Crippen molar-refractivity contribution in [1.82, 2.24) is 4.98 Å². The summed E-state index contributed by atoms with van der Waals surface area (Å²) in [5.41, 5.74) is 1.39. The lowest BCUT2D eigenvalue weighted by Gasteiger charge is -2.08. The number of aliphatic hydroxyl groups excluding tert-OH is 1. The molecule has 21 heavy (non-hydrogen) atoms. The second kappa shape index (κ2) is 5.75. The molecule has 1 aliphatic carbocycles. The fourth-order valence-corrected chi connectivity index (χ4v) is 4.98. The molecule has 1 aromatic carbocycles. The minimum Gasteiger partial charge on any atom is -0.392 e. The van der Waals surface area contributed by atoms with Gasteiger partial charge < -0.3 is 5.11 Å². The van der Waals surface area contributed by atoms with Gasteiger partial charge in [0.15, 0.2) is 5.13 Å². The first-order chi connectivity index (χ1) is 10.1. The van der Waals surface area contributed by atoms with Crippen molar-refractivity contribution in [1.29, 1.82) is 0 Å². The first-order valence-corrected chi connectivity index (χ1v) is 9.10. The number of hydrogen-bond donors (Lipinski definition) is 2. The third kappa shape index (κ3) is 2.95. The molecule has 1 aromatic heterocycles. The molecule has 0 fully saturated rings. The number of anilines is 1. The predicted molar refractivity (Wildman–Crippen MR) is 81.9 cm³/mol. The largest absolute Gasteiger partial charge is 0.392 e. The molecule has 5 nitrogen and oxygen atoms in total. The fraction of sp³-hybridized carbons (Fsp3) is 0.357. The first-order valence-electron chi connectivity index (χ1n) is 6.80. The highest BCUT2D eigenvalue weighted by Gasteiger charge is 2.21. The van der Waals surface area contributed by atoms with Crippen LogP contribution in [0.3, 0.4) is 0 Å². The van der Waals surface area contributed by atoms with Crippen molar-refractivity contribution in [3.8, 4) is 0 Å². The molecule has 0 bridgehead atoms. The molecule has 3 rings (SSSR count). The van der Waals surface area contributed by atoms with E-state index in [0.29, 0.717) is 10.7 Å². The lowest BCUT2D eigenvalue weighted by Crippen LogP contribution is -2.15. The lowest BCUT2D eigenvalue weighted by atomic mass is 10.0. The van der Waals surface area contributed by atoms with Gasteiger partial charge in [-0.3, -0.25) is 4.72 Å². The Labute approximate surface area is 127 Å². The quantitative estimate of drug-likeness (QED) is 0.904. The Morgan fingerprint density at radius 1 is 1.24 bits per heavy atom. The predicted octanol–water partition coefficient (Wildman–Crippen LogP) is 2.32. The maximum atomic E-state index is 12.4. The zero-order chi connectivity index (χ0) is 14.9. The van der Waals surface area contributed by atoms with Crippen LogP contribution in [-0.4, -0.2) is 18.5 Å². The molecule has 1 heterocycles. The van der Waals surface area contributed by atoms with Crippen molar-refractivity contribution in [2.75, 3.05) is 4.72 Å². The number of aliphatic hydroxyl groups is 1. The summed E-state index contributed by atoms with van der Waals surface area (Å²) in [6.45, 7) is -0.314. The number of thiazole rings is 1. The van der Waals surface area contributed by atoms with Gasteiger partial charge in [0.1, 0.15) is 0 Å². The Morgan fingerprint density at radius 2 is 2.00 bits per heavy atom. The Morgan fingerprint density at radius 3 is 2.76 bits per heavy atom. The number of sulfonamides is 1. The number of nitrogens with zero attached hydrogens (tertiary/aromatic N) is 1. The van der Waals surface area contributed by atoms with Crippen molar-refractivity contribution in [3.63, 3.8) is 0 Å². The average molecular weight is 324 g/mol. The van der Waals surface area contributed by atoms with E-state index in [2.05, 4.69) is 9.71 Å². The molecule has 0 radical (unpaired) electrons. The Hall–Kier alpha value is -1.44. The number of rotatable bonds is 4. The van der Waals surface area contributed by atoms with Gasteiger partial charge in [-0.1, -0.05) is 18.2 Å². The summed E-state index contributed by atoms with van der Waals surface area (Å²) in [6, 6.07) is 6.43. The fourth-order valence-electron chi connectivity index (χ4n) is 2.46. The van der Waals surface area contributed by atoms with Gasteiger partial charge >= 0.3 is 0 Å². The average Bonchev–Trinajstić information content (AvgIpc) is 2.88. The first kappa shape index (κ1) is 14.5. The maximum absolute atomic E-state index is 12.4. The monoisotopic (exact) mass is 324 g/mol. The van der Waals surface area contributed by atoms with Crippen molar-refractivity contribution in [2.24, 2.45) is 0 Å². The van der Waals surface area contributed by atoms with Crippen LogP contribution < -0.4 is 4.72 Å². The molecule has 0 atom stereocenters. The molecule has 2 N–H and O–H groups in total. The second-order valence-electron chi connectivity index (χ2n) is 4.97. The Balaban J connectivity index is 1.91. The molecule has 0 aliphatic heterocycles. The van der Waals surface area contributed by atoms with E-state index in [4.69, 9.17) is 0 Å². The topological polar surface area (TPSA) is 79.3 Å². The van der Waals surface area contributed by atoms with Crippen LogP contribution in [0.25, 0.3) is 0 Å². The van der Waals surface area contributed by atoms with E-state index in [1.54, 1.807) is 18.2 Å². The van der Waals surface area contributed by atoms with Gasteiger partial charge in [0.05, 0.1) is 17.2 Å². The van der Waals surface area contributed by atoms with Crippen LogP contribution in [-0.2, 0) is 29.5 Å². The van der Waals surface area contributed by atoms with Gasteiger partial charge in [-0.05, 0) is 37.3 Å². The normalized spacial score (nSPS) is 14.7. The summed E-state index contributed by atoms with van der Waals surface area (Å²) in [4.78, 5) is 5.66. The van der Waals surface area contributed by atoms with Crippen LogP contribution in [0.5, 0.6) is 0 Å². The van der Waals surface area contributed by atoms with Crippen LogP contribution in [0.4, 0.5) is 5.13 Å². The third-order valence-corrected chi connectivity index (χ3v) is 6.14. The molecule has 0 spiro atoms. The standard InChI is InChI=1S/C14H16N2O3S2/c17-9-10-5-1-4-8-13(10)21(18,19)16-14-15-11-6-2-3-7-12(11)20-14/h1,4-5,8,17H,2-3,6-7,9H2,(H,15,16). The molecule has 0 unspecified atom stereocenters. The number of fused-ring (bicyclic) bond motifs is 1. The molecule has 0 amide bonds. The number of aromatic nitrogens is 1. The van der Waals surface area contributed by atoms with E-state index >= 15 is 0 Å². The van der Waals surface area contributed by atoms with Crippen LogP contribution >= 0.6 is 11.3 Å². The van der Waals surface area contributed by atoms with Gasteiger partial charge in [-0.25, -0.2) is 13.4 Å². The number of nitrogens with one attached hydrogen (secondary N) is 1. The minimum absolute atomic E-state index is 0.0978. The van der Waals surface area contributed by atoms with Crippen LogP contribution in [0.1, 0.15) is 29.0 Å². The highest BCUT2D eigenvalue weighted by Crippen LogP contribution is 2.31. The summed E-state index contributed by atoms with van der Waals surface area (Å²) >= 11 is 1.41. The minimum atomic E-state index is -3.72. The van der Waals surface area contributed by atoms with E-state index < -0.39 is 10.0 Å². The van der Waals surface area contributed by atoms with E-state index in [9.17, 15) is 13.5 Å². The summed E-state index contributed by atoms with van der Waals surface area (Å²) < 4.78 is 27.4. The van der Waals surface area contributed by atoms with Gasteiger partial charge in [0.25, 0.3) is 10.0 Å². The molecule has 112 valence electrons. The molecule has 2 aromatic rings. The molecule has 7 heteroatoms. The highest BCUT2D eigenvalue weighted by molar-refractivity contribution is 7.93. The van der Waals surface area contributed by atoms with Crippen molar-refractivity contribution in [3.05, 3.63) is 40.4 Å². The summed E-state index contributed by atoms with van der Waals surface area (Å²) in [7, 11) is -3.72. The highest BCUT2D eigenvalue weighted by atomic mass is 32.2. The molecule has 0 saturated heterocycles. The third-order valence-electron chi connectivity index (χ3n) is 3.50. The van der Waals surface area contributed by atoms with Crippen molar-refractivity contribution in [2.45, 2.75) is 37.2 Å². The zero-order valence-electron chi connectivity index (χ0n) is 11.4. The molecule has 0 saturated carbocycles. The summed E-state index contributed by atoms with van der Waals surface area (Å²) in [5.74, 6) is 0. The number of benzene rings is 1. The van der Waals surface area contributed by atoms with Gasteiger partial charge in [-0.15, -0.1) is 11.3 Å². The zero-order valence-corrected chi connectivity index (χ0v) is 13.0. The van der Waals surface area contributed by atoms with Crippen LogP contribution in [0.2, 0.25) is 0 Å². The maximum Gasteiger partial charge on any atom is 0.264 e. The van der Waals surface area contributed by atoms with Gasteiger partial charge in [0.2, 0.25) is 0 Å². The smallest absolute Gasteiger partial charge is 0.264 e. The second-order valence-corrected chi connectivity index (χ2v) is 7.70. The van der Waals surface area contributed by atoms with Gasteiger partial charge in [-0.2, -0.15) is 0 Å². The van der Waals surface area contributed by atoms with E-state index in [0.717, 1.165) is 31.4 Å². The molecular weight excluding hydrogens is 308 g/mol. The lowest BCUT2D eigenvalue weighted by molar-refractivity contribution is 0.278. The van der Waals surface area contributed by atoms with E-state index in [1.807, 2.05) is 0 Å². The van der Waals surface area contributed by atoms with Crippen molar-refractivity contribution >= 4 is 26.5 Å². The van der Waals surface area contributed by atoms with Crippen molar-refractivity contribution < 1.29 is 13.5 Å². The Kier molecular flexibility index (Phi) is 3.97. The van der Waals surface area contributed by atoms with E-state index in [-0.39, 0.29) is 11.5 Å². The summed E-state index contributed by atoms with van der Waals surface area (Å²) in [5, 5.41) is 9.69. The molecular formula is C14H16N2O3S2. The van der Waals surface area contributed by atoms with Crippen LogP contribution in [0.15, 0.2) is 29.2 Å². The van der Waals surface area contributed by atoms with Gasteiger partial charge in [0, 0.05) is 4.88 Å². The molecule has 1 aliphatic rings. The number of hydrogen-bond acceptors (Lipinski definition) is 5. The van der Waals surface area contributed by atoms with Crippen LogP contribution in [0, 0.1) is 0 Å². The number of aryl methyl sites for hydroxylation is 2. The SMILES string of the molecule is O=S(=O)(Nc1nc2c(s1)CCCC2)c1ccccc1CO. The van der Waals surface area contributed by atoms with E-state index in [1.165, 1.54) is 22.3 Å². The Bertz CT molecular complexity index is 730. The summed E-state index contributed by atoms with van der Waals surface area (Å²) in [6.07, 6.45) is 4.13.